The van der Waals surface area contributed by atoms with Gasteiger partial charge in [0.25, 0.3) is 0 Å². The highest BCUT2D eigenvalue weighted by atomic mass is 32.2. The molecule has 0 saturated carbocycles. The largest absolute Gasteiger partial charge is 0.298 e. The summed E-state index contributed by atoms with van der Waals surface area (Å²) in [7, 11) is 2.10. The molecule has 1 heterocycles. The van der Waals surface area contributed by atoms with E-state index in [2.05, 4.69) is 40.8 Å². The molecule has 15 heavy (non-hydrogen) atoms. The van der Waals surface area contributed by atoms with E-state index in [1.165, 1.54) is 11.3 Å². The summed E-state index contributed by atoms with van der Waals surface area (Å²) in [5.41, 5.74) is 2.50. The van der Waals surface area contributed by atoms with Crippen molar-refractivity contribution in [3.05, 3.63) is 5.01 Å². The van der Waals surface area contributed by atoms with E-state index in [4.69, 9.17) is 5.84 Å². The Morgan fingerprint density at radius 1 is 1.60 bits per heavy atom. The second-order valence-corrected chi connectivity index (χ2v) is 5.34. The number of hydrogen-bond donors (Lipinski definition) is 2. The molecular formula is C8H17N5S2. The highest BCUT2D eigenvalue weighted by Crippen LogP contribution is 2.16. The second-order valence-electron chi connectivity index (χ2n) is 3.36. The third kappa shape index (κ3) is 3.94. The average molecular weight is 247 g/mol. The Morgan fingerprint density at radius 2 is 2.33 bits per heavy atom. The van der Waals surface area contributed by atoms with Gasteiger partial charge in [-0.1, -0.05) is 11.3 Å². The van der Waals surface area contributed by atoms with Crippen LogP contribution in [0, 0.1) is 0 Å². The summed E-state index contributed by atoms with van der Waals surface area (Å²) in [5, 5.41) is 9.59. The van der Waals surface area contributed by atoms with E-state index >= 15 is 0 Å². The van der Waals surface area contributed by atoms with E-state index in [0.29, 0.717) is 11.2 Å². The average Bonchev–Trinajstić information content (AvgIpc) is 2.66. The van der Waals surface area contributed by atoms with Crippen molar-refractivity contribution in [2.75, 3.05) is 24.5 Å². The van der Waals surface area contributed by atoms with Gasteiger partial charge in [-0.3, -0.25) is 10.3 Å². The predicted octanol–water partition coefficient (Wildman–Crippen LogP) is 1.01. The molecule has 1 unspecified atom stereocenters. The van der Waals surface area contributed by atoms with Gasteiger partial charge in [0.1, 0.15) is 5.01 Å². The molecule has 86 valence electrons. The van der Waals surface area contributed by atoms with Crippen LogP contribution in [0.15, 0.2) is 0 Å². The Balaban J connectivity index is 2.46. The van der Waals surface area contributed by atoms with Crippen LogP contribution in [0.3, 0.4) is 0 Å². The highest BCUT2D eigenvalue weighted by molar-refractivity contribution is 7.98. The first-order chi connectivity index (χ1) is 7.17. The Morgan fingerprint density at radius 3 is 2.87 bits per heavy atom. The van der Waals surface area contributed by atoms with Gasteiger partial charge >= 0.3 is 0 Å². The molecule has 0 amide bonds. The van der Waals surface area contributed by atoms with Crippen LogP contribution in [0.5, 0.6) is 0 Å². The molecule has 0 aliphatic carbocycles. The lowest BCUT2D eigenvalue weighted by molar-refractivity contribution is 0.269. The van der Waals surface area contributed by atoms with Crippen molar-refractivity contribution in [1.29, 1.82) is 0 Å². The number of hydrogen-bond acceptors (Lipinski definition) is 7. The summed E-state index contributed by atoms with van der Waals surface area (Å²) in [6.07, 6.45) is 2.12. The Hall–Kier alpha value is -0.370. The molecular weight excluding hydrogens is 230 g/mol. The molecule has 3 N–H and O–H groups in total. The zero-order chi connectivity index (χ0) is 11.3. The number of nitrogens with one attached hydrogen (secondary N) is 1. The number of anilines is 1. The minimum Gasteiger partial charge on any atom is -0.298 e. The fourth-order valence-electron chi connectivity index (χ4n) is 1.11. The SMILES string of the molecule is CSCC(C)N(C)Cc1nnc(NN)s1. The van der Waals surface area contributed by atoms with Gasteiger partial charge in [-0.25, -0.2) is 5.84 Å². The standard InChI is InChI=1S/C8H17N5S2/c1-6(5-14-3)13(2)4-7-11-12-8(10-9)15-7/h6H,4-5,9H2,1-3H3,(H,10,12). The van der Waals surface area contributed by atoms with E-state index in [9.17, 15) is 0 Å². The van der Waals surface area contributed by atoms with Gasteiger partial charge in [-0.2, -0.15) is 11.8 Å². The number of thioether (sulfide) groups is 1. The molecule has 0 spiro atoms. The molecule has 1 aromatic heterocycles. The topological polar surface area (TPSA) is 67.1 Å². The van der Waals surface area contributed by atoms with Crippen molar-refractivity contribution in [1.82, 2.24) is 15.1 Å². The van der Waals surface area contributed by atoms with Crippen molar-refractivity contribution in [2.24, 2.45) is 5.84 Å². The van der Waals surface area contributed by atoms with Crippen LogP contribution in [0.4, 0.5) is 5.13 Å². The Labute approximate surface area is 98.4 Å². The van der Waals surface area contributed by atoms with E-state index in [0.717, 1.165) is 17.3 Å². The molecule has 0 aliphatic rings. The van der Waals surface area contributed by atoms with Crippen molar-refractivity contribution in [3.8, 4) is 0 Å². The number of rotatable bonds is 6. The third-order valence-electron chi connectivity index (χ3n) is 2.14. The van der Waals surface area contributed by atoms with Crippen LogP contribution in [-0.4, -0.2) is 40.2 Å². The van der Waals surface area contributed by atoms with E-state index in [1.807, 2.05) is 11.8 Å². The minimum atomic E-state index is 0.540. The molecule has 1 aromatic rings. The summed E-state index contributed by atoms with van der Waals surface area (Å²) in [5.74, 6) is 6.36. The number of hydrazine groups is 1. The molecule has 1 atom stereocenters. The number of nitrogens with zero attached hydrogens (tertiary/aromatic N) is 3. The molecule has 1 rings (SSSR count). The maximum Gasteiger partial charge on any atom is 0.219 e. The summed E-state index contributed by atoms with van der Waals surface area (Å²) >= 11 is 3.34. The number of nitrogens with two attached hydrogens (primary N) is 1. The second kappa shape index (κ2) is 6.26. The molecule has 0 aromatic carbocycles. The van der Waals surface area contributed by atoms with E-state index < -0.39 is 0 Å². The van der Waals surface area contributed by atoms with Gasteiger partial charge in [0.05, 0.1) is 6.54 Å². The quantitative estimate of drug-likeness (QED) is 0.577. The van der Waals surface area contributed by atoms with E-state index in [1.54, 1.807) is 0 Å². The van der Waals surface area contributed by atoms with E-state index in [-0.39, 0.29) is 0 Å². The number of aromatic nitrogens is 2. The van der Waals surface area contributed by atoms with Gasteiger partial charge in [-0.15, -0.1) is 10.2 Å². The molecule has 0 fully saturated rings. The zero-order valence-electron chi connectivity index (χ0n) is 9.23. The fraction of sp³-hybridized carbons (Fsp3) is 0.750. The maximum atomic E-state index is 5.24. The van der Waals surface area contributed by atoms with Crippen LogP contribution in [0.2, 0.25) is 0 Å². The Bertz CT molecular complexity index is 290. The van der Waals surface area contributed by atoms with Gasteiger partial charge in [0, 0.05) is 11.8 Å². The smallest absolute Gasteiger partial charge is 0.219 e. The zero-order valence-corrected chi connectivity index (χ0v) is 10.9. The first-order valence-corrected chi connectivity index (χ1v) is 6.86. The molecule has 7 heteroatoms. The molecule has 5 nitrogen and oxygen atoms in total. The normalized spacial score (nSPS) is 13.1. The van der Waals surface area contributed by atoms with Gasteiger partial charge in [0.2, 0.25) is 5.13 Å². The van der Waals surface area contributed by atoms with Crippen LogP contribution in [0.25, 0.3) is 0 Å². The van der Waals surface area contributed by atoms with Crippen LogP contribution < -0.4 is 11.3 Å². The monoisotopic (exact) mass is 247 g/mol. The van der Waals surface area contributed by atoms with Crippen molar-refractivity contribution in [3.63, 3.8) is 0 Å². The first-order valence-electron chi connectivity index (χ1n) is 4.65. The summed E-state index contributed by atoms with van der Waals surface area (Å²) in [4.78, 5) is 2.26. The third-order valence-corrected chi connectivity index (χ3v) is 3.79. The van der Waals surface area contributed by atoms with Crippen LogP contribution in [0.1, 0.15) is 11.9 Å². The van der Waals surface area contributed by atoms with Crippen LogP contribution >= 0.6 is 23.1 Å². The molecule has 0 bridgehead atoms. The number of nitrogen functional groups attached to an aromatic ring is 1. The van der Waals surface area contributed by atoms with Gasteiger partial charge < -0.3 is 0 Å². The Kier molecular flexibility index (Phi) is 5.30. The first kappa shape index (κ1) is 12.7. The van der Waals surface area contributed by atoms with Gasteiger partial charge in [-0.05, 0) is 20.2 Å². The van der Waals surface area contributed by atoms with Gasteiger partial charge in [0.15, 0.2) is 0 Å². The summed E-state index contributed by atoms with van der Waals surface area (Å²) in [6.45, 7) is 3.03. The summed E-state index contributed by atoms with van der Waals surface area (Å²) < 4.78 is 0. The lowest BCUT2D eigenvalue weighted by Gasteiger charge is -2.22. The summed E-state index contributed by atoms with van der Waals surface area (Å²) in [6, 6.07) is 0.540. The lowest BCUT2D eigenvalue weighted by atomic mass is 10.3. The predicted molar refractivity (Wildman–Crippen MR) is 67.0 cm³/mol. The van der Waals surface area contributed by atoms with Crippen LogP contribution in [-0.2, 0) is 6.54 Å². The van der Waals surface area contributed by atoms with Crippen molar-refractivity contribution < 1.29 is 0 Å². The molecule has 0 radical (unpaired) electrons. The molecule has 0 aliphatic heterocycles. The maximum absolute atomic E-state index is 5.24. The fourth-order valence-corrected chi connectivity index (χ4v) is 2.56. The van der Waals surface area contributed by atoms with Crippen molar-refractivity contribution >= 4 is 28.2 Å². The van der Waals surface area contributed by atoms with Crippen molar-refractivity contribution in [2.45, 2.75) is 19.5 Å². The minimum absolute atomic E-state index is 0.540. The molecule has 0 saturated heterocycles. The highest BCUT2D eigenvalue weighted by Gasteiger charge is 2.11. The lowest BCUT2D eigenvalue weighted by Crippen LogP contribution is -2.30.